The highest BCUT2D eigenvalue weighted by molar-refractivity contribution is 5.98. The van der Waals surface area contributed by atoms with Crippen LogP contribution in [0.5, 0.6) is 0 Å². The molecule has 0 spiro atoms. The van der Waals surface area contributed by atoms with Crippen molar-refractivity contribution in [3.8, 4) is 0 Å². The van der Waals surface area contributed by atoms with Crippen LogP contribution in [0.3, 0.4) is 0 Å². The number of methoxy groups -OCH3 is 1. The molecule has 3 atom stereocenters. The summed E-state index contributed by atoms with van der Waals surface area (Å²) in [6.45, 7) is 4.79. The maximum atomic E-state index is 13.2. The number of rotatable bonds is 7. The second-order valence-electron chi connectivity index (χ2n) is 10.6. The SMILES string of the molecule is COC(=O)N[C@H](C(=O)N1CCC[C@H]1C(=O)Nc1ccc([C@H]2CCCN2c2ccc(C(F)(F)F)cc2)cc1)C(C)C. The summed E-state index contributed by atoms with van der Waals surface area (Å²) in [6.07, 6.45) is -2.11. The molecule has 2 aromatic rings. The molecular weight excluding hydrogens is 525 g/mol. The van der Waals surface area contributed by atoms with Gasteiger partial charge in [-0.1, -0.05) is 26.0 Å². The summed E-state index contributed by atoms with van der Waals surface area (Å²) in [4.78, 5) is 41.8. The lowest BCUT2D eigenvalue weighted by atomic mass is 10.0. The van der Waals surface area contributed by atoms with Crippen molar-refractivity contribution in [2.24, 2.45) is 5.92 Å². The molecule has 40 heavy (non-hydrogen) atoms. The zero-order valence-electron chi connectivity index (χ0n) is 22.8. The molecule has 0 bridgehead atoms. The van der Waals surface area contributed by atoms with Crippen molar-refractivity contribution in [1.29, 1.82) is 0 Å². The predicted octanol–water partition coefficient (Wildman–Crippen LogP) is 5.36. The number of amides is 3. The van der Waals surface area contributed by atoms with E-state index >= 15 is 0 Å². The fraction of sp³-hybridized carbons (Fsp3) is 0.483. The Hall–Kier alpha value is -3.76. The molecule has 3 amide bonds. The van der Waals surface area contributed by atoms with E-state index in [1.807, 2.05) is 26.0 Å². The second kappa shape index (κ2) is 12.2. The third-order valence-electron chi connectivity index (χ3n) is 7.57. The summed E-state index contributed by atoms with van der Waals surface area (Å²) in [5, 5.41) is 5.48. The highest BCUT2D eigenvalue weighted by atomic mass is 19.4. The lowest BCUT2D eigenvalue weighted by Gasteiger charge is -2.30. The molecule has 0 saturated carbocycles. The number of nitrogens with zero attached hydrogens (tertiary/aromatic N) is 2. The molecule has 0 radical (unpaired) electrons. The highest BCUT2D eigenvalue weighted by Gasteiger charge is 2.39. The molecule has 0 unspecified atom stereocenters. The lowest BCUT2D eigenvalue weighted by Crippen LogP contribution is -2.54. The number of alkyl carbamates (subject to hydrolysis) is 1. The molecule has 2 aliphatic rings. The standard InChI is InChI=1S/C29H35F3N4O4/c1-18(2)25(34-28(39)40-3)27(38)36-17-5-7-24(36)26(37)33-21-12-8-19(9-13-21)23-6-4-16-35(23)22-14-10-20(11-15-22)29(30,31)32/h8-15,18,23-25H,4-7,16-17H2,1-3H3,(H,33,37)(H,34,39)/t23-,24+,25+/m1/s1. The molecule has 2 fully saturated rings. The maximum Gasteiger partial charge on any atom is 0.416 e. The van der Waals surface area contributed by atoms with Gasteiger partial charge in [0.1, 0.15) is 12.1 Å². The van der Waals surface area contributed by atoms with E-state index in [2.05, 4.69) is 20.3 Å². The van der Waals surface area contributed by atoms with Gasteiger partial charge in [0.15, 0.2) is 0 Å². The summed E-state index contributed by atoms with van der Waals surface area (Å²) in [5.41, 5.74) is 1.65. The Bertz CT molecular complexity index is 1200. The van der Waals surface area contributed by atoms with Crippen molar-refractivity contribution in [2.75, 3.05) is 30.4 Å². The zero-order chi connectivity index (χ0) is 29.0. The van der Waals surface area contributed by atoms with Crippen molar-refractivity contribution < 1.29 is 32.3 Å². The van der Waals surface area contributed by atoms with Gasteiger partial charge in [-0.3, -0.25) is 9.59 Å². The Kier molecular flexibility index (Phi) is 8.90. The van der Waals surface area contributed by atoms with Crippen LogP contribution in [-0.4, -0.2) is 55.1 Å². The fourth-order valence-electron chi connectivity index (χ4n) is 5.46. The van der Waals surface area contributed by atoms with Crippen molar-refractivity contribution in [3.63, 3.8) is 0 Å². The average Bonchev–Trinajstić information content (AvgIpc) is 3.61. The van der Waals surface area contributed by atoms with Gasteiger partial charge in [-0.15, -0.1) is 0 Å². The molecule has 0 aromatic heterocycles. The number of carbonyl (C=O) groups excluding carboxylic acids is 3. The van der Waals surface area contributed by atoms with Crippen LogP contribution < -0.4 is 15.5 Å². The van der Waals surface area contributed by atoms with Gasteiger partial charge in [0, 0.05) is 24.5 Å². The molecule has 0 aliphatic carbocycles. The predicted molar refractivity (Wildman–Crippen MR) is 145 cm³/mol. The minimum atomic E-state index is -4.37. The van der Waals surface area contributed by atoms with Crippen molar-refractivity contribution in [1.82, 2.24) is 10.2 Å². The molecule has 4 rings (SSSR count). The van der Waals surface area contributed by atoms with Crippen LogP contribution in [0.4, 0.5) is 29.3 Å². The number of nitrogens with one attached hydrogen (secondary N) is 2. The first-order valence-electron chi connectivity index (χ1n) is 13.5. The topological polar surface area (TPSA) is 91.0 Å². The third-order valence-corrected chi connectivity index (χ3v) is 7.57. The van der Waals surface area contributed by atoms with E-state index in [-0.39, 0.29) is 23.8 Å². The first kappa shape index (κ1) is 29.2. The molecule has 2 aromatic carbocycles. The number of likely N-dealkylation sites (tertiary alicyclic amines) is 1. The number of ether oxygens (including phenoxy) is 1. The third kappa shape index (κ3) is 6.51. The van der Waals surface area contributed by atoms with Gasteiger partial charge in [-0.2, -0.15) is 13.2 Å². The number of hydrogen-bond donors (Lipinski definition) is 2. The minimum absolute atomic E-state index is 0.0136. The van der Waals surface area contributed by atoms with E-state index in [4.69, 9.17) is 0 Å². The molecule has 216 valence electrons. The number of anilines is 2. The Labute approximate surface area is 231 Å². The first-order chi connectivity index (χ1) is 19.0. The Morgan fingerprint density at radius 3 is 2.20 bits per heavy atom. The summed E-state index contributed by atoms with van der Waals surface area (Å²) in [6, 6.07) is 11.2. The molecule has 8 nitrogen and oxygen atoms in total. The highest BCUT2D eigenvalue weighted by Crippen LogP contribution is 2.38. The van der Waals surface area contributed by atoms with E-state index in [1.54, 1.807) is 12.1 Å². The number of carbonyl (C=O) groups is 3. The number of hydrogen-bond acceptors (Lipinski definition) is 5. The zero-order valence-corrected chi connectivity index (χ0v) is 22.8. The second-order valence-corrected chi connectivity index (χ2v) is 10.6. The average molecular weight is 561 g/mol. The van der Waals surface area contributed by atoms with Crippen molar-refractivity contribution in [2.45, 2.75) is 63.8 Å². The van der Waals surface area contributed by atoms with E-state index in [0.29, 0.717) is 25.1 Å². The fourth-order valence-corrected chi connectivity index (χ4v) is 5.46. The van der Waals surface area contributed by atoms with Gasteiger partial charge in [0.25, 0.3) is 0 Å². The van der Waals surface area contributed by atoms with Crippen LogP contribution in [0, 0.1) is 5.92 Å². The molecule has 2 aliphatic heterocycles. The van der Waals surface area contributed by atoms with Gasteiger partial charge in [-0.05, 0) is 73.6 Å². The quantitative estimate of drug-likeness (QED) is 0.476. The lowest BCUT2D eigenvalue weighted by molar-refractivity contribution is -0.139. The summed E-state index contributed by atoms with van der Waals surface area (Å²) in [7, 11) is 1.23. The van der Waals surface area contributed by atoms with Crippen LogP contribution in [0.25, 0.3) is 0 Å². The summed E-state index contributed by atoms with van der Waals surface area (Å²) >= 11 is 0. The summed E-state index contributed by atoms with van der Waals surface area (Å²) < 4.78 is 43.6. The molecule has 2 heterocycles. The van der Waals surface area contributed by atoms with E-state index < -0.39 is 29.9 Å². The van der Waals surface area contributed by atoms with Gasteiger partial charge in [0.05, 0.1) is 18.7 Å². The first-order valence-corrected chi connectivity index (χ1v) is 13.5. The van der Waals surface area contributed by atoms with E-state index in [1.165, 1.54) is 24.1 Å². The molecule has 11 heteroatoms. The number of benzene rings is 2. The van der Waals surface area contributed by atoms with Crippen LogP contribution in [-0.2, 0) is 20.5 Å². The van der Waals surface area contributed by atoms with E-state index in [9.17, 15) is 27.6 Å². The number of halogens is 3. The minimum Gasteiger partial charge on any atom is -0.453 e. The smallest absolute Gasteiger partial charge is 0.416 e. The van der Waals surface area contributed by atoms with Crippen LogP contribution in [0.2, 0.25) is 0 Å². The molecule has 2 saturated heterocycles. The van der Waals surface area contributed by atoms with Crippen molar-refractivity contribution in [3.05, 3.63) is 59.7 Å². The van der Waals surface area contributed by atoms with Gasteiger partial charge in [-0.25, -0.2) is 4.79 Å². The van der Waals surface area contributed by atoms with Gasteiger partial charge in [0.2, 0.25) is 11.8 Å². The van der Waals surface area contributed by atoms with Crippen LogP contribution >= 0.6 is 0 Å². The monoisotopic (exact) mass is 560 g/mol. The maximum absolute atomic E-state index is 13.2. The van der Waals surface area contributed by atoms with Crippen LogP contribution in [0.15, 0.2) is 48.5 Å². The van der Waals surface area contributed by atoms with Gasteiger partial charge >= 0.3 is 12.3 Å². The van der Waals surface area contributed by atoms with Crippen molar-refractivity contribution >= 4 is 29.3 Å². The normalized spacial score (nSPS) is 20.0. The Morgan fingerprint density at radius 2 is 1.60 bits per heavy atom. The summed E-state index contributed by atoms with van der Waals surface area (Å²) in [5.74, 6) is -0.814. The molecule has 2 N–H and O–H groups in total. The van der Waals surface area contributed by atoms with Crippen LogP contribution in [0.1, 0.15) is 56.7 Å². The molecular formula is C29H35F3N4O4. The van der Waals surface area contributed by atoms with Gasteiger partial charge < -0.3 is 25.2 Å². The Balaban J connectivity index is 1.41. The largest absolute Gasteiger partial charge is 0.453 e. The Morgan fingerprint density at radius 1 is 0.950 bits per heavy atom. The number of alkyl halides is 3. The van der Waals surface area contributed by atoms with E-state index in [0.717, 1.165) is 42.8 Å².